The summed E-state index contributed by atoms with van der Waals surface area (Å²) in [6.45, 7) is 27.8. The molecule has 1 aliphatic heterocycles. The third-order valence-corrected chi connectivity index (χ3v) is 17.5. The molecule has 2 atom stereocenters. The maximum Gasteiger partial charge on any atom is 0.139 e. The minimum Gasteiger partial charge on any atom is -0.455 e. The van der Waals surface area contributed by atoms with E-state index in [9.17, 15) is 0 Å². The van der Waals surface area contributed by atoms with Gasteiger partial charge in [-0.05, 0) is 98.6 Å². The monoisotopic (exact) mass is 862 g/mol. The van der Waals surface area contributed by atoms with E-state index in [1.54, 1.807) is 0 Å². The molecule has 1 heterocycles. The fourth-order valence-corrected chi connectivity index (χ4v) is 13.4. The van der Waals surface area contributed by atoms with Crippen LogP contribution in [0.2, 0.25) is 0 Å². The molecular formula is C55H68N4OP2. The summed E-state index contributed by atoms with van der Waals surface area (Å²) in [5, 5.41) is 14.9. The van der Waals surface area contributed by atoms with Gasteiger partial charge in [0.25, 0.3) is 0 Å². The first-order valence-corrected chi connectivity index (χ1v) is 25.7. The van der Waals surface area contributed by atoms with Gasteiger partial charge in [0.1, 0.15) is 11.5 Å². The number of hydrogen-bond donors (Lipinski definition) is 2. The molecule has 324 valence electrons. The Kier molecular flexibility index (Phi) is 15.9. The van der Waals surface area contributed by atoms with Crippen molar-refractivity contribution in [2.75, 3.05) is 39.3 Å². The van der Waals surface area contributed by atoms with Crippen molar-refractivity contribution >= 4 is 47.7 Å². The highest BCUT2D eigenvalue weighted by Gasteiger charge is 2.39. The second kappa shape index (κ2) is 21.5. The predicted molar refractivity (Wildman–Crippen MR) is 271 cm³/mol. The molecule has 0 amide bonds. The van der Waals surface area contributed by atoms with E-state index in [-0.39, 0.29) is 5.41 Å². The number of rotatable bonds is 20. The quantitative estimate of drug-likeness (QED) is 0.0750. The predicted octanol–water partition coefficient (Wildman–Crippen LogP) is 9.54. The van der Waals surface area contributed by atoms with Gasteiger partial charge in [-0.1, -0.05) is 189 Å². The third-order valence-electron chi connectivity index (χ3n) is 12.6. The molecule has 0 saturated carbocycles. The topological polar surface area (TPSA) is 39.8 Å². The molecule has 2 N–H and O–H groups in total. The first kappa shape index (κ1) is 45.8. The van der Waals surface area contributed by atoms with Crippen molar-refractivity contribution in [1.82, 2.24) is 20.4 Å². The second-order valence-corrected chi connectivity index (χ2v) is 21.2. The average molecular weight is 863 g/mol. The molecule has 0 saturated heterocycles. The van der Waals surface area contributed by atoms with Gasteiger partial charge in [0.15, 0.2) is 0 Å². The molecule has 6 aromatic carbocycles. The molecule has 1 aliphatic rings. The fraction of sp³-hybridized carbons (Fsp3) is 0.345. The van der Waals surface area contributed by atoms with E-state index in [0.717, 1.165) is 76.9 Å². The van der Waals surface area contributed by atoms with Gasteiger partial charge < -0.3 is 15.4 Å². The first-order chi connectivity index (χ1) is 30.2. The summed E-state index contributed by atoms with van der Waals surface area (Å²) in [6, 6.07) is 51.4. The number of nitrogens with zero attached hydrogens (tertiary/aromatic N) is 2. The summed E-state index contributed by atoms with van der Waals surface area (Å²) in [4.78, 5) is 4.96. The van der Waals surface area contributed by atoms with Crippen molar-refractivity contribution in [3.8, 4) is 11.5 Å². The Bertz CT molecular complexity index is 2170. The van der Waals surface area contributed by atoms with E-state index in [1.165, 1.54) is 65.2 Å². The maximum absolute atomic E-state index is 7.59. The van der Waals surface area contributed by atoms with Crippen LogP contribution in [0, 0.1) is 0 Å². The molecule has 5 nitrogen and oxygen atoms in total. The van der Waals surface area contributed by atoms with Crippen molar-refractivity contribution in [1.29, 1.82) is 0 Å². The van der Waals surface area contributed by atoms with Crippen LogP contribution in [0.4, 0.5) is 0 Å². The molecule has 7 heteroatoms. The summed E-state index contributed by atoms with van der Waals surface area (Å²) in [5.74, 6) is 2.02. The van der Waals surface area contributed by atoms with E-state index in [1.807, 2.05) is 0 Å². The number of fused-ring (bicyclic) bond motifs is 2. The van der Waals surface area contributed by atoms with E-state index < -0.39 is 15.8 Å². The lowest BCUT2D eigenvalue weighted by molar-refractivity contribution is 0.296. The maximum atomic E-state index is 7.59. The van der Waals surface area contributed by atoms with Crippen LogP contribution in [-0.2, 0) is 31.6 Å². The van der Waals surface area contributed by atoms with Gasteiger partial charge in [0, 0.05) is 53.3 Å². The van der Waals surface area contributed by atoms with Gasteiger partial charge in [0.2, 0.25) is 0 Å². The molecule has 0 aliphatic carbocycles. The number of para-hydroxylation sites is 2. The van der Waals surface area contributed by atoms with Gasteiger partial charge >= 0.3 is 0 Å². The van der Waals surface area contributed by atoms with E-state index in [0.29, 0.717) is 0 Å². The fourth-order valence-electron chi connectivity index (χ4n) is 8.68. The number of hydrogen-bond acceptors (Lipinski definition) is 5. The van der Waals surface area contributed by atoms with Crippen LogP contribution in [0.5, 0.6) is 11.5 Å². The zero-order valence-electron chi connectivity index (χ0n) is 38.5. The van der Waals surface area contributed by atoms with Crippen molar-refractivity contribution in [3.63, 3.8) is 0 Å². The summed E-state index contributed by atoms with van der Waals surface area (Å²) >= 11 is 0. The lowest BCUT2D eigenvalue weighted by Crippen LogP contribution is -2.33. The second-order valence-electron chi connectivity index (χ2n) is 16.9. The number of ether oxygens (including phenoxy) is 1. The minimum atomic E-state index is -0.956. The van der Waals surface area contributed by atoms with Crippen molar-refractivity contribution < 1.29 is 4.74 Å². The summed E-state index contributed by atoms with van der Waals surface area (Å²) in [7, 11) is -1.91. The van der Waals surface area contributed by atoms with Crippen molar-refractivity contribution in [2.45, 2.75) is 87.0 Å². The molecule has 2 unspecified atom stereocenters. The van der Waals surface area contributed by atoms with Crippen LogP contribution in [-0.4, -0.2) is 49.1 Å². The van der Waals surface area contributed by atoms with Gasteiger partial charge in [-0.15, -0.1) is 0 Å². The molecule has 62 heavy (non-hydrogen) atoms. The Balaban J connectivity index is 1.36. The van der Waals surface area contributed by atoms with Crippen molar-refractivity contribution in [2.24, 2.45) is 0 Å². The molecule has 0 radical (unpaired) electrons. The molecular weight excluding hydrogens is 795 g/mol. The first-order valence-electron chi connectivity index (χ1n) is 23.0. The highest BCUT2D eigenvalue weighted by molar-refractivity contribution is 7.80. The number of nitrogens with one attached hydrogen (secondary N) is 2. The molecule has 6 aromatic rings. The molecule has 0 fully saturated rings. The Hall–Kier alpha value is -4.18. The highest BCUT2D eigenvalue weighted by Crippen LogP contribution is 2.52. The normalized spacial score (nSPS) is 14.0. The Morgan fingerprint density at radius 2 is 0.758 bits per heavy atom. The summed E-state index contributed by atoms with van der Waals surface area (Å²) in [6.07, 6.45) is 0. The minimum absolute atomic E-state index is 0.288. The van der Waals surface area contributed by atoms with Crippen LogP contribution in [0.15, 0.2) is 133 Å². The SMILES string of the molecule is CCNCc1ccc(P(c2ccc(CN(CC)CC)cc2)c2cccc3c2Oc2c(P(c4ccc(CNCC)cc4)c4ccc(CN(CC)CC)cc4)cccc2C3(C)C)cc1. The van der Waals surface area contributed by atoms with E-state index in [4.69, 9.17) is 4.74 Å². The summed E-state index contributed by atoms with van der Waals surface area (Å²) in [5.41, 5.74) is 7.50. The zero-order valence-corrected chi connectivity index (χ0v) is 40.3. The largest absolute Gasteiger partial charge is 0.455 e. The van der Waals surface area contributed by atoms with Gasteiger partial charge in [-0.2, -0.15) is 0 Å². The Morgan fingerprint density at radius 1 is 0.435 bits per heavy atom. The lowest BCUT2D eigenvalue weighted by Gasteiger charge is -2.38. The molecule has 7 rings (SSSR count). The average Bonchev–Trinajstić information content (AvgIpc) is 3.31. The van der Waals surface area contributed by atoms with Gasteiger partial charge in [-0.25, -0.2) is 0 Å². The zero-order chi connectivity index (χ0) is 43.6. The van der Waals surface area contributed by atoms with Gasteiger partial charge in [0.05, 0.1) is 0 Å². The van der Waals surface area contributed by atoms with Gasteiger partial charge in [-0.3, -0.25) is 9.80 Å². The molecule has 0 aromatic heterocycles. The Labute approximate surface area is 375 Å². The standard InChI is InChI=1S/C55H68N4OP2/c1-9-56-37-41-21-29-45(30-22-41)61(47-33-25-43(26-34-47)39-58(11-3)12-4)51-19-15-17-49-53(51)60-54-50(55(49,7)8)18-16-20-52(54)62(46-31-23-42(24-32-46)38-57-10-2)48-35-27-44(28-36-48)40-59(13-5)14-6/h15-36,56-57H,9-14,37-40H2,1-8H3. The summed E-state index contributed by atoms with van der Waals surface area (Å²) < 4.78 is 7.59. The lowest BCUT2D eigenvalue weighted by atomic mass is 9.76. The number of benzene rings is 6. The van der Waals surface area contributed by atoms with E-state index >= 15 is 0 Å². The van der Waals surface area contributed by atoms with Crippen LogP contribution >= 0.6 is 15.8 Å². The van der Waals surface area contributed by atoms with Crippen LogP contribution in [0.25, 0.3) is 0 Å². The smallest absolute Gasteiger partial charge is 0.139 e. The molecule has 0 spiro atoms. The van der Waals surface area contributed by atoms with Crippen LogP contribution in [0.3, 0.4) is 0 Å². The van der Waals surface area contributed by atoms with E-state index in [2.05, 4.69) is 209 Å². The Morgan fingerprint density at radius 3 is 1.06 bits per heavy atom. The molecule has 0 bridgehead atoms. The van der Waals surface area contributed by atoms with Crippen LogP contribution < -0.4 is 47.2 Å². The third kappa shape index (κ3) is 10.3. The van der Waals surface area contributed by atoms with Crippen molar-refractivity contribution in [3.05, 3.63) is 167 Å². The highest BCUT2D eigenvalue weighted by atomic mass is 31.1. The van der Waals surface area contributed by atoms with Crippen LogP contribution in [0.1, 0.15) is 88.8 Å².